The van der Waals surface area contributed by atoms with Gasteiger partial charge in [-0.3, -0.25) is 9.59 Å². The molecule has 0 aromatic heterocycles. The molecule has 1 fully saturated rings. The van der Waals surface area contributed by atoms with E-state index in [1.54, 1.807) is 0 Å². The highest BCUT2D eigenvalue weighted by Crippen LogP contribution is 2.09. The van der Waals surface area contributed by atoms with Crippen LogP contribution in [0.2, 0.25) is 0 Å². The molecular weight excluding hydrogens is 230 g/mol. The number of carbonyl (C=O) groups excluding carboxylic acids is 2. The van der Waals surface area contributed by atoms with Crippen LogP contribution in [-0.2, 0) is 9.59 Å². The number of nitrogens with one attached hydrogen (secondary N) is 2. The molecule has 1 aliphatic rings. The van der Waals surface area contributed by atoms with E-state index in [0.29, 0.717) is 12.5 Å². The third kappa shape index (κ3) is 4.64. The minimum absolute atomic E-state index is 0.0353. The Hall–Kier alpha value is -1.10. The van der Waals surface area contributed by atoms with E-state index in [2.05, 4.69) is 17.6 Å². The van der Waals surface area contributed by atoms with Crippen molar-refractivity contribution < 1.29 is 9.59 Å². The molecule has 1 unspecified atom stereocenters. The van der Waals surface area contributed by atoms with Crippen molar-refractivity contribution in [2.45, 2.75) is 45.6 Å². The SMILES string of the molecule is CCCC(=O)NCC(=O)N(CCC)C1CCNC1. The fourth-order valence-electron chi connectivity index (χ4n) is 2.25. The molecule has 104 valence electrons. The third-order valence-corrected chi connectivity index (χ3v) is 3.17. The zero-order valence-electron chi connectivity index (χ0n) is 11.5. The molecule has 18 heavy (non-hydrogen) atoms. The van der Waals surface area contributed by atoms with Crippen LogP contribution >= 0.6 is 0 Å². The van der Waals surface area contributed by atoms with Gasteiger partial charge in [-0.25, -0.2) is 0 Å². The molecule has 5 nitrogen and oxygen atoms in total. The Morgan fingerprint density at radius 3 is 2.67 bits per heavy atom. The maximum Gasteiger partial charge on any atom is 0.242 e. The Kier molecular flexibility index (Phi) is 6.72. The van der Waals surface area contributed by atoms with Crippen molar-refractivity contribution in [2.75, 3.05) is 26.2 Å². The number of rotatable bonds is 7. The average molecular weight is 255 g/mol. The van der Waals surface area contributed by atoms with Gasteiger partial charge in [0.25, 0.3) is 0 Å². The van der Waals surface area contributed by atoms with Crippen LogP contribution in [0.25, 0.3) is 0 Å². The molecule has 0 bridgehead atoms. The fourth-order valence-corrected chi connectivity index (χ4v) is 2.25. The van der Waals surface area contributed by atoms with E-state index >= 15 is 0 Å². The number of amides is 2. The number of hydrogen-bond acceptors (Lipinski definition) is 3. The summed E-state index contributed by atoms with van der Waals surface area (Å²) in [5, 5.41) is 5.97. The van der Waals surface area contributed by atoms with E-state index in [0.717, 1.165) is 38.9 Å². The van der Waals surface area contributed by atoms with E-state index in [4.69, 9.17) is 0 Å². The van der Waals surface area contributed by atoms with Crippen LogP contribution in [0.15, 0.2) is 0 Å². The van der Waals surface area contributed by atoms with Gasteiger partial charge >= 0.3 is 0 Å². The molecule has 0 saturated carbocycles. The molecule has 0 aromatic rings. The van der Waals surface area contributed by atoms with Gasteiger partial charge in [-0.1, -0.05) is 13.8 Å². The topological polar surface area (TPSA) is 61.4 Å². The van der Waals surface area contributed by atoms with Crippen LogP contribution in [0.1, 0.15) is 39.5 Å². The molecule has 0 radical (unpaired) electrons. The van der Waals surface area contributed by atoms with Crippen LogP contribution in [0.5, 0.6) is 0 Å². The lowest BCUT2D eigenvalue weighted by Crippen LogP contribution is -2.46. The lowest BCUT2D eigenvalue weighted by atomic mass is 10.2. The summed E-state index contributed by atoms with van der Waals surface area (Å²) in [7, 11) is 0. The van der Waals surface area contributed by atoms with Crippen LogP contribution in [-0.4, -0.2) is 48.9 Å². The molecule has 2 amide bonds. The fraction of sp³-hybridized carbons (Fsp3) is 0.846. The second kappa shape index (κ2) is 8.08. The maximum absolute atomic E-state index is 12.1. The second-order valence-electron chi connectivity index (χ2n) is 4.76. The van der Waals surface area contributed by atoms with Crippen molar-refractivity contribution >= 4 is 11.8 Å². The lowest BCUT2D eigenvalue weighted by Gasteiger charge is -2.28. The Bertz CT molecular complexity index is 275. The van der Waals surface area contributed by atoms with Crippen molar-refractivity contribution in [1.82, 2.24) is 15.5 Å². The molecule has 0 aliphatic carbocycles. The van der Waals surface area contributed by atoms with Gasteiger partial charge in [-0.15, -0.1) is 0 Å². The largest absolute Gasteiger partial charge is 0.347 e. The summed E-state index contributed by atoms with van der Waals surface area (Å²) in [5.74, 6) is 0.00171. The minimum atomic E-state index is -0.0353. The van der Waals surface area contributed by atoms with Gasteiger partial charge in [0, 0.05) is 25.6 Å². The zero-order valence-corrected chi connectivity index (χ0v) is 11.5. The number of hydrogen-bond donors (Lipinski definition) is 2. The van der Waals surface area contributed by atoms with Crippen molar-refractivity contribution in [2.24, 2.45) is 0 Å². The highest BCUT2D eigenvalue weighted by Gasteiger charge is 2.25. The van der Waals surface area contributed by atoms with E-state index < -0.39 is 0 Å². The molecule has 5 heteroatoms. The van der Waals surface area contributed by atoms with E-state index in [-0.39, 0.29) is 18.4 Å². The highest BCUT2D eigenvalue weighted by molar-refractivity contribution is 5.84. The van der Waals surface area contributed by atoms with Gasteiger partial charge in [0.05, 0.1) is 6.54 Å². The molecule has 0 spiro atoms. The van der Waals surface area contributed by atoms with E-state index in [1.807, 2.05) is 11.8 Å². The monoisotopic (exact) mass is 255 g/mol. The quantitative estimate of drug-likeness (QED) is 0.696. The second-order valence-corrected chi connectivity index (χ2v) is 4.76. The molecule has 1 atom stereocenters. The first-order chi connectivity index (χ1) is 8.69. The van der Waals surface area contributed by atoms with Crippen LogP contribution in [0.3, 0.4) is 0 Å². The van der Waals surface area contributed by atoms with Crippen LogP contribution in [0.4, 0.5) is 0 Å². The number of carbonyl (C=O) groups is 2. The van der Waals surface area contributed by atoms with Crippen molar-refractivity contribution in [1.29, 1.82) is 0 Å². The highest BCUT2D eigenvalue weighted by atomic mass is 16.2. The smallest absolute Gasteiger partial charge is 0.242 e. The standard InChI is InChI=1S/C13H25N3O2/c1-3-5-12(17)15-10-13(18)16(8-4-2)11-6-7-14-9-11/h11,14H,3-10H2,1-2H3,(H,15,17). The normalized spacial score (nSPS) is 18.7. The van der Waals surface area contributed by atoms with Gasteiger partial charge < -0.3 is 15.5 Å². The molecule has 2 N–H and O–H groups in total. The lowest BCUT2D eigenvalue weighted by molar-refractivity contribution is -0.134. The molecule has 1 heterocycles. The van der Waals surface area contributed by atoms with Crippen LogP contribution in [0, 0.1) is 0 Å². The Labute approximate surface area is 109 Å². The van der Waals surface area contributed by atoms with Gasteiger partial charge in [-0.05, 0) is 25.8 Å². The summed E-state index contributed by atoms with van der Waals surface area (Å²) in [6, 6.07) is 0.292. The summed E-state index contributed by atoms with van der Waals surface area (Å²) in [5.41, 5.74) is 0. The number of nitrogens with zero attached hydrogens (tertiary/aromatic N) is 1. The zero-order chi connectivity index (χ0) is 13.4. The van der Waals surface area contributed by atoms with Gasteiger partial charge in [-0.2, -0.15) is 0 Å². The summed E-state index contributed by atoms with van der Waals surface area (Å²) in [6.07, 6.45) is 3.26. The predicted octanol–water partition coefficient (Wildman–Crippen LogP) is 0.503. The summed E-state index contributed by atoms with van der Waals surface area (Å²) in [4.78, 5) is 25.4. The Morgan fingerprint density at radius 1 is 1.33 bits per heavy atom. The molecule has 1 aliphatic heterocycles. The van der Waals surface area contributed by atoms with Gasteiger partial charge in [0.1, 0.15) is 0 Å². The molecule has 0 aromatic carbocycles. The van der Waals surface area contributed by atoms with Crippen molar-refractivity contribution in [3.05, 3.63) is 0 Å². The summed E-state index contributed by atoms with van der Waals surface area (Å²) in [6.45, 7) is 6.77. The minimum Gasteiger partial charge on any atom is -0.347 e. The Balaban J connectivity index is 2.41. The van der Waals surface area contributed by atoms with Crippen LogP contribution < -0.4 is 10.6 Å². The maximum atomic E-state index is 12.1. The van der Waals surface area contributed by atoms with Gasteiger partial charge in [0.2, 0.25) is 11.8 Å². The predicted molar refractivity (Wildman–Crippen MR) is 71.2 cm³/mol. The first-order valence-electron chi connectivity index (χ1n) is 6.95. The van der Waals surface area contributed by atoms with Crippen molar-refractivity contribution in [3.63, 3.8) is 0 Å². The first-order valence-corrected chi connectivity index (χ1v) is 6.95. The van der Waals surface area contributed by atoms with E-state index in [9.17, 15) is 9.59 Å². The molecule has 1 saturated heterocycles. The van der Waals surface area contributed by atoms with Crippen molar-refractivity contribution in [3.8, 4) is 0 Å². The van der Waals surface area contributed by atoms with Gasteiger partial charge in [0.15, 0.2) is 0 Å². The first kappa shape index (κ1) is 15.0. The van der Waals surface area contributed by atoms with E-state index in [1.165, 1.54) is 0 Å². The molecule has 1 rings (SSSR count). The summed E-state index contributed by atoms with van der Waals surface area (Å²) >= 11 is 0. The third-order valence-electron chi connectivity index (χ3n) is 3.17. The Morgan fingerprint density at radius 2 is 2.11 bits per heavy atom. The average Bonchev–Trinajstić information content (AvgIpc) is 2.87. The molecular formula is C13H25N3O2. The summed E-state index contributed by atoms with van der Waals surface area (Å²) < 4.78 is 0.